The van der Waals surface area contributed by atoms with Gasteiger partial charge in [-0.05, 0) is 79.2 Å². The van der Waals surface area contributed by atoms with Crippen LogP contribution in [0.15, 0.2) is 92.0 Å². The lowest BCUT2D eigenvalue weighted by Crippen LogP contribution is -2.36. The molecule has 0 aliphatic rings. The Kier molecular flexibility index (Phi) is 13.9. The molecule has 3 aromatic rings. The molecule has 0 saturated carbocycles. The van der Waals surface area contributed by atoms with E-state index in [1.807, 2.05) is 49.5 Å². The van der Waals surface area contributed by atoms with Crippen LogP contribution in [0.25, 0.3) is 11.1 Å². The van der Waals surface area contributed by atoms with Crippen LogP contribution in [0.4, 0.5) is 0 Å². The summed E-state index contributed by atoms with van der Waals surface area (Å²) >= 11 is 0. The van der Waals surface area contributed by atoms with Crippen LogP contribution in [0.1, 0.15) is 74.3 Å². The van der Waals surface area contributed by atoms with Crippen molar-refractivity contribution in [3.05, 3.63) is 114 Å². The Labute approximate surface area is 253 Å². The predicted molar refractivity (Wildman–Crippen MR) is 174 cm³/mol. The summed E-state index contributed by atoms with van der Waals surface area (Å²) in [4.78, 5) is 13.1. The number of carboxylic acid groups (broad SMARTS) is 1. The number of carboxylic acids is 1. The fourth-order valence-corrected chi connectivity index (χ4v) is 5.68. The van der Waals surface area contributed by atoms with Crippen molar-refractivity contribution in [2.24, 2.45) is 0 Å². The van der Waals surface area contributed by atoms with E-state index in [1.165, 1.54) is 0 Å². The molecule has 5 heteroatoms. The number of nitrogens with one attached hydrogen (secondary N) is 1. The van der Waals surface area contributed by atoms with Crippen LogP contribution in [-0.2, 0) is 23.1 Å². The molecule has 0 aliphatic heterocycles. The summed E-state index contributed by atoms with van der Waals surface area (Å²) in [7, 11) is 1.95. The molecule has 41 heavy (non-hydrogen) atoms. The SMILES string of the molecule is C=CCc1ccc(OC(CCNC)c2ccccc2)c(-c2cc(CC=C)ccc2C(CCC)(CCC)C(=O)O)c1.Cl. The molecular formula is C36H46ClNO3. The lowest BCUT2D eigenvalue weighted by atomic mass is 9.70. The molecule has 4 nitrogen and oxygen atoms in total. The summed E-state index contributed by atoms with van der Waals surface area (Å²) in [6.45, 7) is 12.8. The van der Waals surface area contributed by atoms with Gasteiger partial charge in [0.1, 0.15) is 11.9 Å². The average Bonchev–Trinajstić information content (AvgIpc) is 2.96. The van der Waals surface area contributed by atoms with Crippen LogP contribution in [0.3, 0.4) is 0 Å². The summed E-state index contributed by atoms with van der Waals surface area (Å²) in [5, 5.41) is 14.0. The van der Waals surface area contributed by atoms with Gasteiger partial charge in [-0.1, -0.05) is 93.4 Å². The van der Waals surface area contributed by atoms with E-state index >= 15 is 0 Å². The van der Waals surface area contributed by atoms with Crippen molar-refractivity contribution < 1.29 is 14.6 Å². The normalized spacial score (nSPS) is 11.8. The monoisotopic (exact) mass is 575 g/mol. The van der Waals surface area contributed by atoms with Crippen molar-refractivity contribution >= 4 is 18.4 Å². The predicted octanol–water partition coefficient (Wildman–Crippen LogP) is 8.88. The van der Waals surface area contributed by atoms with Crippen LogP contribution in [-0.4, -0.2) is 24.7 Å². The van der Waals surface area contributed by atoms with Crippen molar-refractivity contribution in [1.29, 1.82) is 0 Å². The Morgan fingerprint density at radius 3 is 2.05 bits per heavy atom. The van der Waals surface area contributed by atoms with E-state index in [4.69, 9.17) is 4.74 Å². The van der Waals surface area contributed by atoms with Crippen LogP contribution < -0.4 is 10.1 Å². The first-order valence-corrected chi connectivity index (χ1v) is 14.5. The summed E-state index contributed by atoms with van der Waals surface area (Å²) < 4.78 is 6.84. The molecule has 0 fully saturated rings. The van der Waals surface area contributed by atoms with Crippen LogP contribution in [0.5, 0.6) is 5.75 Å². The zero-order valence-electron chi connectivity index (χ0n) is 24.8. The smallest absolute Gasteiger partial charge is 0.314 e. The minimum atomic E-state index is -0.984. The molecule has 3 aromatic carbocycles. The van der Waals surface area contributed by atoms with Gasteiger partial charge in [0.15, 0.2) is 0 Å². The van der Waals surface area contributed by atoms with E-state index in [0.717, 1.165) is 64.9 Å². The van der Waals surface area contributed by atoms with Gasteiger partial charge >= 0.3 is 5.97 Å². The zero-order chi connectivity index (χ0) is 29.0. The van der Waals surface area contributed by atoms with Crippen LogP contribution in [0.2, 0.25) is 0 Å². The number of hydrogen-bond donors (Lipinski definition) is 2. The van der Waals surface area contributed by atoms with Gasteiger partial charge in [-0.2, -0.15) is 0 Å². The molecule has 0 amide bonds. The van der Waals surface area contributed by atoms with Crippen molar-refractivity contribution in [3.63, 3.8) is 0 Å². The maximum absolute atomic E-state index is 13.1. The third kappa shape index (κ3) is 8.34. The number of hydrogen-bond acceptors (Lipinski definition) is 3. The number of carbonyl (C=O) groups is 1. The topological polar surface area (TPSA) is 58.6 Å². The minimum absolute atomic E-state index is 0. The van der Waals surface area contributed by atoms with E-state index in [9.17, 15) is 9.90 Å². The average molecular weight is 576 g/mol. The molecular weight excluding hydrogens is 530 g/mol. The van der Waals surface area contributed by atoms with Crippen molar-refractivity contribution in [2.75, 3.05) is 13.6 Å². The molecule has 1 atom stereocenters. The fourth-order valence-electron chi connectivity index (χ4n) is 5.68. The molecule has 0 heterocycles. The maximum atomic E-state index is 13.1. The number of rotatable bonds is 17. The zero-order valence-corrected chi connectivity index (χ0v) is 25.6. The highest BCUT2D eigenvalue weighted by atomic mass is 35.5. The van der Waals surface area contributed by atoms with E-state index < -0.39 is 11.4 Å². The lowest BCUT2D eigenvalue weighted by Gasteiger charge is -2.33. The standard InChI is InChI=1S/C36H45NO3.ClH/c1-6-13-27-17-19-32(36(22-8-3,23-9-4)35(38)39)30(25-27)31-26-28(14-7-2)18-20-34(31)40-33(21-24-37-5)29-15-11-10-12-16-29;/h6-7,10-12,15-20,25-26,33,37H,1-2,8-9,13-14,21-24H2,3-5H3,(H,38,39);1H. The Balaban J connectivity index is 0.00000588. The Bertz CT molecular complexity index is 1270. The Morgan fingerprint density at radius 1 is 0.927 bits per heavy atom. The molecule has 0 aromatic heterocycles. The first kappa shape index (κ1) is 33.9. The molecule has 220 valence electrons. The lowest BCUT2D eigenvalue weighted by molar-refractivity contribution is -0.144. The molecule has 2 N–H and O–H groups in total. The number of benzene rings is 3. The first-order valence-electron chi connectivity index (χ1n) is 14.5. The van der Waals surface area contributed by atoms with E-state index in [2.05, 4.69) is 68.7 Å². The first-order chi connectivity index (χ1) is 19.4. The van der Waals surface area contributed by atoms with E-state index in [-0.39, 0.29) is 18.5 Å². The van der Waals surface area contributed by atoms with Gasteiger partial charge in [0.25, 0.3) is 0 Å². The van der Waals surface area contributed by atoms with Crippen LogP contribution >= 0.6 is 12.4 Å². The summed E-state index contributed by atoms with van der Waals surface area (Å²) in [5.74, 6) is -0.0168. The second kappa shape index (κ2) is 16.8. The van der Waals surface area contributed by atoms with Crippen LogP contribution in [0, 0.1) is 0 Å². The quantitative estimate of drug-likeness (QED) is 0.158. The molecule has 1 unspecified atom stereocenters. The largest absolute Gasteiger partial charge is 0.485 e. The van der Waals surface area contributed by atoms with E-state index in [1.54, 1.807) is 0 Å². The molecule has 0 bridgehead atoms. The molecule has 0 radical (unpaired) electrons. The number of ether oxygens (including phenoxy) is 1. The fraction of sp³-hybridized carbons (Fsp3) is 0.361. The second-order valence-electron chi connectivity index (χ2n) is 10.5. The highest BCUT2D eigenvalue weighted by Crippen LogP contribution is 2.44. The number of aliphatic carboxylic acids is 1. The third-order valence-electron chi connectivity index (χ3n) is 7.55. The van der Waals surface area contributed by atoms with Crippen molar-refractivity contribution in [1.82, 2.24) is 5.32 Å². The highest BCUT2D eigenvalue weighted by Gasteiger charge is 2.41. The van der Waals surface area contributed by atoms with Gasteiger partial charge in [0.2, 0.25) is 0 Å². The number of allylic oxidation sites excluding steroid dienone is 2. The highest BCUT2D eigenvalue weighted by molar-refractivity contribution is 5.87. The van der Waals surface area contributed by atoms with Crippen molar-refractivity contribution in [2.45, 2.75) is 70.3 Å². The Hall–Kier alpha value is -3.34. The van der Waals surface area contributed by atoms with Gasteiger partial charge in [0.05, 0.1) is 5.41 Å². The molecule has 0 aliphatic carbocycles. The van der Waals surface area contributed by atoms with E-state index in [0.29, 0.717) is 25.7 Å². The van der Waals surface area contributed by atoms with Gasteiger partial charge in [-0.15, -0.1) is 25.6 Å². The maximum Gasteiger partial charge on any atom is 0.314 e. The van der Waals surface area contributed by atoms with Crippen molar-refractivity contribution in [3.8, 4) is 16.9 Å². The third-order valence-corrected chi connectivity index (χ3v) is 7.55. The molecule has 3 rings (SSSR count). The van der Waals surface area contributed by atoms with Gasteiger partial charge < -0.3 is 15.2 Å². The molecule has 0 spiro atoms. The second-order valence-corrected chi connectivity index (χ2v) is 10.5. The Morgan fingerprint density at radius 2 is 1.51 bits per heavy atom. The van der Waals surface area contributed by atoms with Gasteiger partial charge in [-0.3, -0.25) is 4.79 Å². The van der Waals surface area contributed by atoms with Gasteiger partial charge in [0, 0.05) is 12.0 Å². The molecule has 0 saturated heterocycles. The van der Waals surface area contributed by atoms with Gasteiger partial charge in [-0.25, -0.2) is 0 Å². The summed E-state index contributed by atoms with van der Waals surface area (Å²) in [6, 6.07) is 22.8. The summed E-state index contributed by atoms with van der Waals surface area (Å²) in [6.07, 6.45) is 8.52. The minimum Gasteiger partial charge on any atom is -0.485 e. The summed E-state index contributed by atoms with van der Waals surface area (Å²) in [5.41, 5.74) is 5.02. The number of halogens is 1.